The van der Waals surface area contributed by atoms with Gasteiger partial charge in [-0.25, -0.2) is 0 Å². The van der Waals surface area contributed by atoms with Crippen LogP contribution in [0.15, 0.2) is 0 Å². The average molecular weight is 242 g/mol. The molecule has 2 N–H and O–H groups in total. The summed E-state index contributed by atoms with van der Waals surface area (Å²) in [4.78, 5) is 13.9. The molecular weight excluding hydrogens is 216 g/mol. The number of rotatable bonds is 5. The van der Waals surface area contributed by atoms with E-state index in [0.29, 0.717) is 12.5 Å². The van der Waals surface area contributed by atoms with E-state index >= 15 is 0 Å². The molecule has 0 aromatic heterocycles. The Labute approximate surface area is 104 Å². The largest absolute Gasteiger partial charge is 0.480 e. The van der Waals surface area contributed by atoms with Crippen LogP contribution in [0.5, 0.6) is 0 Å². The monoisotopic (exact) mass is 242 g/mol. The van der Waals surface area contributed by atoms with Crippen molar-refractivity contribution in [3.8, 4) is 0 Å². The van der Waals surface area contributed by atoms with Crippen LogP contribution >= 0.6 is 0 Å². The van der Waals surface area contributed by atoms with Crippen molar-refractivity contribution in [2.75, 3.05) is 13.6 Å². The Morgan fingerprint density at radius 3 is 2.71 bits per heavy atom. The molecule has 0 aromatic rings. The molecule has 0 bridgehead atoms. The second-order valence-electron chi connectivity index (χ2n) is 5.51. The molecule has 1 fully saturated rings. The smallest absolute Gasteiger partial charge is 0.323 e. The van der Waals surface area contributed by atoms with E-state index in [4.69, 9.17) is 0 Å². The summed E-state index contributed by atoms with van der Waals surface area (Å²) in [5.74, 6) is -0.694. The molecule has 4 nitrogen and oxygen atoms in total. The second-order valence-corrected chi connectivity index (χ2v) is 5.51. The van der Waals surface area contributed by atoms with Gasteiger partial charge in [-0.05, 0) is 53.1 Å². The highest BCUT2D eigenvalue weighted by atomic mass is 16.4. The van der Waals surface area contributed by atoms with Crippen molar-refractivity contribution >= 4 is 5.97 Å². The van der Waals surface area contributed by atoms with Crippen LogP contribution in [0.25, 0.3) is 0 Å². The second kappa shape index (κ2) is 5.83. The molecule has 0 spiro atoms. The van der Waals surface area contributed by atoms with Gasteiger partial charge < -0.3 is 10.0 Å². The third-order valence-electron chi connectivity index (χ3n) is 3.82. The number of carbonyl (C=O) groups is 1. The van der Waals surface area contributed by atoms with Crippen LogP contribution in [-0.2, 0) is 4.79 Å². The zero-order valence-electron chi connectivity index (χ0n) is 11.5. The molecule has 2 unspecified atom stereocenters. The molecule has 4 heteroatoms. The van der Waals surface area contributed by atoms with Gasteiger partial charge in [0.1, 0.15) is 5.54 Å². The SMILES string of the molecule is CCN(C)C1CCCC(NC(C)C)(C(=O)O)C1. The van der Waals surface area contributed by atoms with Crippen molar-refractivity contribution in [3.63, 3.8) is 0 Å². The van der Waals surface area contributed by atoms with Crippen LogP contribution in [0, 0.1) is 0 Å². The highest BCUT2D eigenvalue weighted by Gasteiger charge is 2.43. The van der Waals surface area contributed by atoms with Crippen molar-refractivity contribution in [2.45, 2.75) is 64.1 Å². The molecule has 0 aromatic carbocycles. The lowest BCUT2D eigenvalue weighted by atomic mass is 9.78. The Morgan fingerprint density at radius 2 is 2.24 bits per heavy atom. The topological polar surface area (TPSA) is 52.6 Å². The first-order chi connectivity index (χ1) is 7.91. The lowest BCUT2D eigenvalue weighted by Gasteiger charge is -2.42. The van der Waals surface area contributed by atoms with E-state index in [1.165, 1.54) is 0 Å². The van der Waals surface area contributed by atoms with Gasteiger partial charge in [-0.1, -0.05) is 6.92 Å². The van der Waals surface area contributed by atoms with E-state index in [2.05, 4.69) is 24.2 Å². The minimum atomic E-state index is -0.722. The number of hydrogen-bond acceptors (Lipinski definition) is 3. The molecule has 1 aliphatic rings. The van der Waals surface area contributed by atoms with E-state index in [9.17, 15) is 9.90 Å². The summed E-state index contributed by atoms with van der Waals surface area (Å²) in [6.45, 7) is 7.12. The minimum absolute atomic E-state index is 0.205. The number of carboxylic acids is 1. The Balaban J connectivity index is 2.80. The van der Waals surface area contributed by atoms with Gasteiger partial charge in [-0.3, -0.25) is 10.1 Å². The zero-order valence-corrected chi connectivity index (χ0v) is 11.5. The molecule has 0 saturated heterocycles. The van der Waals surface area contributed by atoms with Crippen molar-refractivity contribution in [1.82, 2.24) is 10.2 Å². The normalized spacial score (nSPS) is 29.9. The van der Waals surface area contributed by atoms with Gasteiger partial charge in [0.15, 0.2) is 0 Å². The Hall–Kier alpha value is -0.610. The molecule has 0 aliphatic heterocycles. The molecule has 1 aliphatic carbocycles. The van der Waals surface area contributed by atoms with Crippen LogP contribution in [0.4, 0.5) is 0 Å². The van der Waals surface area contributed by atoms with E-state index in [-0.39, 0.29) is 6.04 Å². The summed E-state index contributed by atoms with van der Waals surface area (Å²) in [6.07, 6.45) is 3.56. The van der Waals surface area contributed by atoms with E-state index in [1.54, 1.807) is 0 Å². The van der Waals surface area contributed by atoms with Crippen molar-refractivity contribution in [3.05, 3.63) is 0 Å². The molecule has 0 radical (unpaired) electrons. The van der Waals surface area contributed by atoms with E-state index in [0.717, 1.165) is 25.8 Å². The maximum atomic E-state index is 11.6. The van der Waals surface area contributed by atoms with Gasteiger partial charge in [-0.15, -0.1) is 0 Å². The maximum Gasteiger partial charge on any atom is 0.323 e. The summed E-state index contributed by atoms with van der Waals surface area (Å²) in [7, 11) is 2.08. The van der Waals surface area contributed by atoms with Gasteiger partial charge in [0, 0.05) is 12.1 Å². The lowest BCUT2D eigenvalue weighted by molar-refractivity contribution is -0.147. The quantitative estimate of drug-likeness (QED) is 0.770. The Bertz CT molecular complexity index is 268. The van der Waals surface area contributed by atoms with Crippen molar-refractivity contribution < 1.29 is 9.90 Å². The standard InChI is InChI=1S/C13H26N2O2/c1-5-15(4)11-7-6-8-13(9-11,12(16)17)14-10(2)3/h10-11,14H,5-9H2,1-4H3,(H,16,17). The molecular formula is C13H26N2O2. The number of nitrogens with one attached hydrogen (secondary N) is 1. The fourth-order valence-corrected chi connectivity index (χ4v) is 2.82. The number of hydrogen-bond donors (Lipinski definition) is 2. The fourth-order valence-electron chi connectivity index (χ4n) is 2.82. The number of carboxylic acid groups (broad SMARTS) is 1. The molecule has 1 rings (SSSR count). The van der Waals surface area contributed by atoms with Gasteiger partial charge >= 0.3 is 5.97 Å². The first-order valence-electron chi connectivity index (χ1n) is 6.62. The number of nitrogens with zero attached hydrogens (tertiary/aromatic N) is 1. The summed E-state index contributed by atoms with van der Waals surface area (Å²) in [5.41, 5.74) is -0.722. The van der Waals surface area contributed by atoms with Crippen LogP contribution in [0.1, 0.15) is 46.5 Å². The van der Waals surface area contributed by atoms with Crippen molar-refractivity contribution in [1.29, 1.82) is 0 Å². The maximum absolute atomic E-state index is 11.6. The van der Waals surface area contributed by atoms with Crippen LogP contribution < -0.4 is 5.32 Å². The van der Waals surface area contributed by atoms with Crippen LogP contribution in [0.3, 0.4) is 0 Å². The summed E-state index contributed by atoms with van der Waals surface area (Å²) in [6, 6.07) is 0.591. The molecule has 100 valence electrons. The van der Waals surface area contributed by atoms with Gasteiger partial charge in [0.05, 0.1) is 0 Å². The Kier molecular flexibility index (Phi) is 4.95. The van der Waals surface area contributed by atoms with Crippen LogP contribution in [-0.4, -0.2) is 47.2 Å². The first kappa shape index (κ1) is 14.5. The summed E-state index contributed by atoms with van der Waals surface area (Å²) >= 11 is 0. The van der Waals surface area contributed by atoms with Crippen molar-refractivity contribution in [2.24, 2.45) is 0 Å². The molecule has 17 heavy (non-hydrogen) atoms. The van der Waals surface area contributed by atoms with E-state index in [1.807, 2.05) is 13.8 Å². The fraction of sp³-hybridized carbons (Fsp3) is 0.923. The first-order valence-corrected chi connectivity index (χ1v) is 6.62. The minimum Gasteiger partial charge on any atom is -0.480 e. The van der Waals surface area contributed by atoms with Gasteiger partial charge in [0.2, 0.25) is 0 Å². The highest BCUT2D eigenvalue weighted by Crippen LogP contribution is 2.31. The van der Waals surface area contributed by atoms with Gasteiger partial charge in [0.25, 0.3) is 0 Å². The lowest BCUT2D eigenvalue weighted by Crippen LogP contribution is -2.59. The molecule has 0 amide bonds. The molecule has 1 saturated carbocycles. The molecule has 0 heterocycles. The Morgan fingerprint density at radius 1 is 1.59 bits per heavy atom. The van der Waals surface area contributed by atoms with E-state index < -0.39 is 11.5 Å². The summed E-state index contributed by atoms with van der Waals surface area (Å²) < 4.78 is 0. The zero-order chi connectivity index (χ0) is 13.1. The third-order valence-corrected chi connectivity index (χ3v) is 3.82. The predicted molar refractivity (Wildman–Crippen MR) is 69.2 cm³/mol. The van der Waals surface area contributed by atoms with Gasteiger partial charge in [-0.2, -0.15) is 0 Å². The third kappa shape index (κ3) is 3.42. The number of aliphatic carboxylic acids is 1. The van der Waals surface area contributed by atoms with Crippen LogP contribution in [0.2, 0.25) is 0 Å². The molecule has 2 atom stereocenters. The summed E-state index contributed by atoms with van der Waals surface area (Å²) in [5, 5.41) is 12.8. The average Bonchev–Trinajstić information content (AvgIpc) is 2.27. The predicted octanol–water partition coefficient (Wildman–Crippen LogP) is 1.70. The highest BCUT2D eigenvalue weighted by molar-refractivity contribution is 5.79.